The van der Waals surface area contributed by atoms with E-state index in [1.165, 1.54) is 44.7 Å². The Morgan fingerprint density at radius 3 is 2.44 bits per heavy atom. The molecule has 2 aliphatic rings. The molecule has 0 bridgehead atoms. The second kappa shape index (κ2) is 4.56. The van der Waals surface area contributed by atoms with Crippen LogP contribution < -0.4 is 5.32 Å². The average Bonchev–Trinajstić information content (AvgIpc) is 2.88. The van der Waals surface area contributed by atoms with E-state index in [4.69, 9.17) is 0 Å². The maximum Gasteiger partial charge on any atom is 0.00257 e. The van der Waals surface area contributed by atoms with Gasteiger partial charge in [-0.1, -0.05) is 30.3 Å². The Morgan fingerprint density at radius 1 is 1.06 bits per heavy atom. The summed E-state index contributed by atoms with van der Waals surface area (Å²) < 4.78 is 0. The lowest BCUT2D eigenvalue weighted by Gasteiger charge is -2.16. The summed E-state index contributed by atoms with van der Waals surface area (Å²) in [5.41, 5.74) is 1.47. The summed E-state index contributed by atoms with van der Waals surface area (Å²) in [6, 6.07) is 10.8. The minimum Gasteiger partial charge on any atom is -0.316 e. The number of benzene rings is 1. The van der Waals surface area contributed by atoms with Gasteiger partial charge < -0.3 is 10.2 Å². The van der Waals surface area contributed by atoms with Gasteiger partial charge in [0.2, 0.25) is 0 Å². The molecule has 0 aromatic heterocycles. The minimum atomic E-state index is 0.927. The highest BCUT2D eigenvalue weighted by Gasteiger charge is 2.35. The van der Waals surface area contributed by atoms with Crippen molar-refractivity contribution in [2.24, 2.45) is 11.8 Å². The molecule has 1 N–H and O–H groups in total. The maximum atomic E-state index is 3.49. The summed E-state index contributed by atoms with van der Waals surface area (Å²) in [7, 11) is 0. The third kappa shape index (κ3) is 2.13. The molecule has 2 heteroatoms. The van der Waals surface area contributed by atoms with Crippen LogP contribution in [0.15, 0.2) is 30.3 Å². The zero-order valence-electron chi connectivity index (χ0n) is 9.73. The Hall–Kier alpha value is -0.860. The largest absolute Gasteiger partial charge is 0.316 e. The van der Waals surface area contributed by atoms with Crippen LogP contribution in [0.4, 0.5) is 0 Å². The summed E-state index contributed by atoms with van der Waals surface area (Å²) in [5, 5.41) is 3.49. The van der Waals surface area contributed by atoms with Gasteiger partial charge in [-0.25, -0.2) is 0 Å². The molecule has 0 amide bonds. The van der Waals surface area contributed by atoms with Crippen molar-refractivity contribution in [3.63, 3.8) is 0 Å². The van der Waals surface area contributed by atoms with E-state index in [2.05, 4.69) is 40.5 Å². The van der Waals surface area contributed by atoms with Crippen molar-refractivity contribution in [1.82, 2.24) is 10.2 Å². The molecule has 16 heavy (non-hydrogen) atoms. The first-order chi connectivity index (χ1) is 7.92. The van der Waals surface area contributed by atoms with E-state index in [1.807, 2.05) is 0 Å². The topological polar surface area (TPSA) is 15.3 Å². The number of likely N-dealkylation sites (tertiary alicyclic amines) is 1. The summed E-state index contributed by atoms with van der Waals surface area (Å²) in [6.45, 7) is 6.34. The first-order valence-corrected chi connectivity index (χ1v) is 6.39. The van der Waals surface area contributed by atoms with Crippen LogP contribution >= 0.6 is 0 Å². The van der Waals surface area contributed by atoms with Crippen molar-refractivity contribution in [1.29, 1.82) is 0 Å². The molecule has 0 spiro atoms. The number of fused-ring (bicyclic) bond motifs is 1. The Morgan fingerprint density at radius 2 is 1.75 bits per heavy atom. The van der Waals surface area contributed by atoms with E-state index < -0.39 is 0 Å². The van der Waals surface area contributed by atoms with Crippen molar-refractivity contribution >= 4 is 0 Å². The summed E-state index contributed by atoms with van der Waals surface area (Å²) >= 11 is 0. The van der Waals surface area contributed by atoms with Crippen LogP contribution in [-0.2, 0) is 6.42 Å². The molecule has 1 aromatic carbocycles. The third-order valence-corrected chi connectivity index (χ3v) is 4.02. The zero-order chi connectivity index (χ0) is 10.8. The van der Waals surface area contributed by atoms with Gasteiger partial charge in [-0.3, -0.25) is 0 Å². The van der Waals surface area contributed by atoms with E-state index in [0.29, 0.717) is 0 Å². The molecule has 0 unspecified atom stereocenters. The number of hydrogen-bond donors (Lipinski definition) is 1. The molecule has 0 aliphatic carbocycles. The summed E-state index contributed by atoms with van der Waals surface area (Å²) in [5.74, 6) is 1.85. The van der Waals surface area contributed by atoms with Crippen molar-refractivity contribution in [3.05, 3.63) is 35.9 Å². The highest BCUT2D eigenvalue weighted by Crippen LogP contribution is 2.26. The molecule has 2 atom stereocenters. The molecule has 0 radical (unpaired) electrons. The molecule has 2 aliphatic heterocycles. The van der Waals surface area contributed by atoms with Gasteiger partial charge in [-0.05, 0) is 36.9 Å². The molecule has 3 rings (SSSR count). The normalized spacial score (nSPS) is 29.5. The van der Waals surface area contributed by atoms with E-state index in [9.17, 15) is 0 Å². The van der Waals surface area contributed by atoms with Crippen LogP contribution in [0.1, 0.15) is 5.56 Å². The van der Waals surface area contributed by atoms with Crippen LogP contribution in [0.25, 0.3) is 0 Å². The highest BCUT2D eigenvalue weighted by atomic mass is 15.2. The van der Waals surface area contributed by atoms with Gasteiger partial charge in [0.1, 0.15) is 0 Å². The minimum absolute atomic E-state index is 0.927. The van der Waals surface area contributed by atoms with Crippen molar-refractivity contribution < 1.29 is 0 Å². The fraction of sp³-hybridized carbons (Fsp3) is 0.571. The van der Waals surface area contributed by atoms with Gasteiger partial charge >= 0.3 is 0 Å². The maximum absolute atomic E-state index is 3.49. The quantitative estimate of drug-likeness (QED) is 0.821. The third-order valence-electron chi connectivity index (χ3n) is 4.02. The van der Waals surface area contributed by atoms with E-state index >= 15 is 0 Å². The first-order valence-electron chi connectivity index (χ1n) is 6.39. The van der Waals surface area contributed by atoms with Crippen molar-refractivity contribution in [3.8, 4) is 0 Å². The van der Waals surface area contributed by atoms with Crippen LogP contribution in [0.3, 0.4) is 0 Å². The standard InChI is InChI=1S/C14H20N2/c1-2-4-12(5-3-1)6-7-16-10-13-8-15-9-14(13)11-16/h1-5,13-15H,6-11H2/t13-,14+. The van der Waals surface area contributed by atoms with Gasteiger partial charge in [-0.2, -0.15) is 0 Å². The number of nitrogens with zero attached hydrogens (tertiary/aromatic N) is 1. The Kier molecular flexibility index (Phi) is 2.94. The summed E-state index contributed by atoms with van der Waals surface area (Å²) in [4.78, 5) is 2.64. The van der Waals surface area contributed by atoms with Crippen LogP contribution in [0.5, 0.6) is 0 Å². The predicted octanol–water partition coefficient (Wildman–Crippen LogP) is 1.38. The molecule has 0 saturated carbocycles. The highest BCUT2D eigenvalue weighted by molar-refractivity contribution is 5.15. The lowest BCUT2D eigenvalue weighted by Crippen LogP contribution is -2.27. The zero-order valence-corrected chi connectivity index (χ0v) is 9.73. The molecule has 86 valence electrons. The van der Waals surface area contributed by atoms with Gasteiger partial charge in [0.15, 0.2) is 0 Å². The average molecular weight is 216 g/mol. The van der Waals surface area contributed by atoms with Crippen molar-refractivity contribution in [2.75, 3.05) is 32.7 Å². The molecule has 2 heterocycles. The Labute approximate surface area is 97.6 Å². The fourth-order valence-corrected chi connectivity index (χ4v) is 3.07. The van der Waals surface area contributed by atoms with Gasteiger partial charge in [0.25, 0.3) is 0 Å². The Balaban J connectivity index is 1.50. The monoisotopic (exact) mass is 216 g/mol. The van der Waals surface area contributed by atoms with Crippen molar-refractivity contribution in [2.45, 2.75) is 6.42 Å². The second-order valence-corrected chi connectivity index (χ2v) is 5.17. The molecular formula is C14H20N2. The van der Waals surface area contributed by atoms with E-state index in [1.54, 1.807) is 0 Å². The van der Waals surface area contributed by atoms with Gasteiger partial charge in [0.05, 0.1) is 0 Å². The SMILES string of the molecule is c1ccc(CCN2C[C@H]3CNC[C@H]3C2)cc1. The summed E-state index contributed by atoms with van der Waals surface area (Å²) in [6.07, 6.45) is 1.20. The number of rotatable bonds is 3. The second-order valence-electron chi connectivity index (χ2n) is 5.17. The lowest BCUT2D eigenvalue weighted by atomic mass is 10.0. The smallest absolute Gasteiger partial charge is 0.00257 e. The number of nitrogens with one attached hydrogen (secondary N) is 1. The lowest BCUT2D eigenvalue weighted by molar-refractivity contribution is 0.317. The van der Waals surface area contributed by atoms with Crippen LogP contribution in [0.2, 0.25) is 0 Å². The van der Waals surface area contributed by atoms with E-state index in [-0.39, 0.29) is 0 Å². The van der Waals surface area contributed by atoms with Crippen LogP contribution in [0, 0.1) is 11.8 Å². The number of hydrogen-bond acceptors (Lipinski definition) is 2. The molecular weight excluding hydrogens is 196 g/mol. The van der Waals surface area contributed by atoms with Gasteiger partial charge in [0, 0.05) is 19.6 Å². The first kappa shape index (κ1) is 10.3. The molecule has 1 aromatic rings. The molecule has 2 saturated heterocycles. The predicted molar refractivity (Wildman–Crippen MR) is 66.4 cm³/mol. The molecule has 2 fully saturated rings. The van der Waals surface area contributed by atoms with E-state index in [0.717, 1.165) is 11.8 Å². The fourth-order valence-electron chi connectivity index (χ4n) is 3.07. The molecule has 2 nitrogen and oxygen atoms in total. The Bertz CT molecular complexity index is 324. The van der Waals surface area contributed by atoms with Crippen LogP contribution in [-0.4, -0.2) is 37.6 Å². The van der Waals surface area contributed by atoms with Gasteiger partial charge in [-0.15, -0.1) is 0 Å².